The molecule has 0 saturated carbocycles. The molecule has 0 aromatic rings. The van der Waals surface area contributed by atoms with Crippen LogP contribution >= 0.6 is 0 Å². The lowest BCUT2D eigenvalue weighted by Gasteiger charge is -2.21. The van der Waals surface area contributed by atoms with Gasteiger partial charge in [-0.3, -0.25) is 4.79 Å². The number of hydrogen-bond donors (Lipinski definition) is 0. The maximum Gasteiger partial charge on any atom is 0.305 e. The molecule has 0 bridgehead atoms. The van der Waals surface area contributed by atoms with Crippen LogP contribution in [-0.2, 0) is 9.53 Å². The summed E-state index contributed by atoms with van der Waals surface area (Å²) in [5, 5.41) is 0. The zero-order chi connectivity index (χ0) is 14.7. The van der Waals surface area contributed by atoms with Gasteiger partial charge < -0.3 is 4.74 Å². The first-order valence-corrected chi connectivity index (χ1v) is 8.20. The van der Waals surface area contributed by atoms with Crippen molar-refractivity contribution >= 4 is 5.97 Å². The van der Waals surface area contributed by atoms with Gasteiger partial charge in [-0.2, -0.15) is 0 Å². The standard InChI is InChI=1S/C17H34O2/c1-6-8-9-11-14(3)12-10-13-15(4)16(5)19-17(18)7-2/h14-16H,6-13H2,1-5H3. The van der Waals surface area contributed by atoms with Gasteiger partial charge in [-0.15, -0.1) is 0 Å². The predicted molar refractivity (Wildman–Crippen MR) is 82.2 cm³/mol. The first-order chi connectivity index (χ1) is 9.01. The van der Waals surface area contributed by atoms with Crippen LogP contribution in [0.1, 0.15) is 86.0 Å². The van der Waals surface area contributed by atoms with E-state index in [-0.39, 0.29) is 12.1 Å². The van der Waals surface area contributed by atoms with Gasteiger partial charge in [0.1, 0.15) is 6.10 Å². The number of carbonyl (C=O) groups is 1. The van der Waals surface area contributed by atoms with E-state index in [0.29, 0.717) is 12.3 Å². The normalized spacial score (nSPS) is 15.8. The lowest BCUT2D eigenvalue weighted by Crippen LogP contribution is -2.21. The minimum atomic E-state index is -0.0766. The molecule has 0 radical (unpaired) electrons. The third kappa shape index (κ3) is 9.98. The lowest BCUT2D eigenvalue weighted by atomic mass is 9.93. The predicted octanol–water partition coefficient (Wildman–Crippen LogP) is 5.35. The molecule has 2 heteroatoms. The molecule has 3 atom stereocenters. The molecule has 0 amide bonds. The molecule has 0 aromatic carbocycles. The van der Waals surface area contributed by atoms with Crippen molar-refractivity contribution in [2.45, 2.75) is 92.1 Å². The van der Waals surface area contributed by atoms with E-state index >= 15 is 0 Å². The smallest absolute Gasteiger partial charge is 0.305 e. The highest BCUT2D eigenvalue weighted by Crippen LogP contribution is 2.20. The van der Waals surface area contributed by atoms with Crippen molar-refractivity contribution in [3.05, 3.63) is 0 Å². The number of unbranched alkanes of at least 4 members (excludes halogenated alkanes) is 2. The Bertz CT molecular complexity index is 225. The van der Waals surface area contributed by atoms with E-state index in [1.165, 1.54) is 38.5 Å². The molecule has 0 aliphatic heterocycles. The third-order valence-corrected chi connectivity index (χ3v) is 4.06. The van der Waals surface area contributed by atoms with Gasteiger partial charge in [-0.1, -0.05) is 66.2 Å². The van der Waals surface area contributed by atoms with Crippen LogP contribution < -0.4 is 0 Å². The van der Waals surface area contributed by atoms with Crippen LogP contribution in [0, 0.1) is 11.8 Å². The fraction of sp³-hybridized carbons (Fsp3) is 0.941. The van der Waals surface area contributed by atoms with Gasteiger partial charge in [0.05, 0.1) is 0 Å². The van der Waals surface area contributed by atoms with Crippen molar-refractivity contribution in [1.82, 2.24) is 0 Å². The van der Waals surface area contributed by atoms with Gasteiger partial charge in [-0.05, 0) is 25.2 Å². The second-order valence-electron chi connectivity index (χ2n) is 6.06. The molecule has 3 unspecified atom stereocenters. The molecule has 0 spiro atoms. The molecule has 2 nitrogen and oxygen atoms in total. The molecule has 0 saturated heterocycles. The Kier molecular flexibility index (Phi) is 11.0. The van der Waals surface area contributed by atoms with Crippen molar-refractivity contribution < 1.29 is 9.53 Å². The fourth-order valence-corrected chi connectivity index (χ4v) is 2.32. The summed E-state index contributed by atoms with van der Waals surface area (Å²) in [6, 6.07) is 0. The van der Waals surface area contributed by atoms with Crippen molar-refractivity contribution in [1.29, 1.82) is 0 Å². The zero-order valence-electron chi connectivity index (χ0n) is 13.7. The summed E-state index contributed by atoms with van der Waals surface area (Å²) in [5.41, 5.74) is 0. The fourth-order valence-electron chi connectivity index (χ4n) is 2.32. The van der Waals surface area contributed by atoms with Crippen molar-refractivity contribution in [2.75, 3.05) is 0 Å². The first kappa shape index (κ1) is 18.5. The van der Waals surface area contributed by atoms with E-state index in [9.17, 15) is 4.79 Å². The van der Waals surface area contributed by atoms with Gasteiger partial charge in [0.15, 0.2) is 0 Å². The highest BCUT2D eigenvalue weighted by Gasteiger charge is 2.16. The van der Waals surface area contributed by atoms with Gasteiger partial charge in [-0.25, -0.2) is 0 Å². The van der Waals surface area contributed by atoms with E-state index in [4.69, 9.17) is 4.74 Å². The van der Waals surface area contributed by atoms with Crippen LogP contribution in [0.3, 0.4) is 0 Å². The van der Waals surface area contributed by atoms with Crippen molar-refractivity contribution in [3.63, 3.8) is 0 Å². The molecule has 0 fully saturated rings. The van der Waals surface area contributed by atoms with Gasteiger partial charge >= 0.3 is 5.97 Å². The summed E-state index contributed by atoms with van der Waals surface area (Å²) >= 11 is 0. The van der Waals surface area contributed by atoms with Crippen LogP contribution in [0.25, 0.3) is 0 Å². The molecular formula is C17H34O2. The highest BCUT2D eigenvalue weighted by atomic mass is 16.5. The topological polar surface area (TPSA) is 26.3 Å². The van der Waals surface area contributed by atoms with Crippen LogP contribution in [0.5, 0.6) is 0 Å². The Labute approximate surface area is 120 Å². The molecule has 0 aromatic heterocycles. The van der Waals surface area contributed by atoms with E-state index in [1.807, 2.05) is 13.8 Å². The number of carbonyl (C=O) groups excluding carboxylic acids is 1. The summed E-state index contributed by atoms with van der Waals surface area (Å²) in [4.78, 5) is 11.2. The second-order valence-corrected chi connectivity index (χ2v) is 6.06. The maximum absolute atomic E-state index is 11.2. The van der Waals surface area contributed by atoms with Crippen LogP contribution in [0.15, 0.2) is 0 Å². The molecule has 0 N–H and O–H groups in total. The summed E-state index contributed by atoms with van der Waals surface area (Å²) < 4.78 is 5.36. The number of rotatable bonds is 11. The van der Waals surface area contributed by atoms with Gasteiger partial charge in [0.25, 0.3) is 0 Å². The number of ether oxygens (including phenoxy) is 1. The van der Waals surface area contributed by atoms with Gasteiger partial charge in [0.2, 0.25) is 0 Å². The minimum Gasteiger partial charge on any atom is -0.462 e. The molecular weight excluding hydrogens is 236 g/mol. The third-order valence-electron chi connectivity index (χ3n) is 4.06. The number of hydrogen-bond acceptors (Lipinski definition) is 2. The Morgan fingerprint density at radius 3 is 2.16 bits per heavy atom. The summed E-state index contributed by atoms with van der Waals surface area (Å²) in [5.74, 6) is 1.23. The minimum absolute atomic E-state index is 0.0582. The highest BCUT2D eigenvalue weighted by molar-refractivity contribution is 5.69. The van der Waals surface area contributed by atoms with Crippen LogP contribution in [-0.4, -0.2) is 12.1 Å². The Balaban J connectivity index is 3.66. The molecule has 0 aliphatic carbocycles. The average molecular weight is 270 g/mol. The quantitative estimate of drug-likeness (QED) is 0.373. The molecule has 0 heterocycles. The average Bonchev–Trinajstić information content (AvgIpc) is 2.38. The van der Waals surface area contributed by atoms with Crippen LogP contribution in [0.2, 0.25) is 0 Å². The lowest BCUT2D eigenvalue weighted by molar-refractivity contribution is -0.150. The second kappa shape index (κ2) is 11.3. The van der Waals surface area contributed by atoms with E-state index in [1.54, 1.807) is 0 Å². The van der Waals surface area contributed by atoms with Crippen molar-refractivity contribution in [3.8, 4) is 0 Å². The monoisotopic (exact) mass is 270 g/mol. The van der Waals surface area contributed by atoms with Crippen LogP contribution in [0.4, 0.5) is 0 Å². The number of esters is 1. The molecule has 19 heavy (non-hydrogen) atoms. The van der Waals surface area contributed by atoms with Crippen molar-refractivity contribution in [2.24, 2.45) is 11.8 Å². The molecule has 0 rings (SSSR count). The zero-order valence-corrected chi connectivity index (χ0v) is 13.7. The Hall–Kier alpha value is -0.530. The molecule has 0 aliphatic rings. The maximum atomic E-state index is 11.2. The molecule has 114 valence electrons. The first-order valence-electron chi connectivity index (χ1n) is 8.20. The van der Waals surface area contributed by atoms with Gasteiger partial charge in [0, 0.05) is 6.42 Å². The summed E-state index contributed by atoms with van der Waals surface area (Å²) in [6.45, 7) is 10.7. The SMILES string of the molecule is CCCCCC(C)CCCC(C)C(C)OC(=O)CC. The Morgan fingerprint density at radius 1 is 0.947 bits per heavy atom. The van der Waals surface area contributed by atoms with E-state index in [2.05, 4.69) is 20.8 Å². The summed E-state index contributed by atoms with van der Waals surface area (Å²) in [7, 11) is 0. The van der Waals surface area contributed by atoms with E-state index < -0.39 is 0 Å². The largest absolute Gasteiger partial charge is 0.462 e. The van der Waals surface area contributed by atoms with E-state index in [0.717, 1.165) is 12.3 Å². The Morgan fingerprint density at radius 2 is 1.58 bits per heavy atom. The summed E-state index contributed by atoms with van der Waals surface area (Å²) in [6.07, 6.45) is 9.67.